The molecule has 9 nitrogen and oxygen atoms in total. The largest absolute Gasteiger partial charge is 0.360 e. The molecule has 3 heterocycles. The van der Waals surface area contributed by atoms with Crippen molar-refractivity contribution in [1.29, 1.82) is 0 Å². The molecule has 1 unspecified atom stereocenters. The Kier molecular flexibility index (Phi) is 6.98. The van der Waals surface area contributed by atoms with Crippen LogP contribution in [0.15, 0.2) is 21.3 Å². The third-order valence-electron chi connectivity index (χ3n) is 5.17. The van der Waals surface area contributed by atoms with Gasteiger partial charge in [-0.2, -0.15) is 9.46 Å². The Labute approximate surface area is 183 Å². The van der Waals surface area contributed by atoms with Crippen molar-refractivity contribution >= 4 is 21.5 Å². The predicted molar refractivity (Wildman–Crippen MR) is 118 cm³/mol. The lowest BCUT2D eigenvalue weighted by Gasteiger charge is -2.18. The van der Waals surface area contributed by atoms with Gasteiger partial charge in [0.15, 0.2) is 5.76 Å². The van der Waals surface area contributed by atoms with Crippen LogP contribution < -0.4 is 0 Å². The average Bonchev–Trinajstić information content (AvgIpc) is 3.25. The topological polar surface area (TPSA) is 111 Å². The zero-order valence-electron chi connectivity index (χ0n) is 18.8. The third kappa shape index (κ3) is 5.41. The van der Waals surface area contributed by atoms with Gasteiger partial charge < -0.3 is 9.42 Å². The average molecular weight is 450 g/mol. The van der Waals surface area contributed by atoms with Gasteiger partial charge in [-0.25, -0.2) is 4.21 Å². The van der Waals surface area contributed by atoms with Crippen LogP contribution in [0.25, 0.3) is 0 Å². The highest BCUT2D eigenvalue weighted by Crippen LogP contribution is 2.24. The fourth-order valence-corrected chi connectivity index (χ4v) is 5.48. The summed E-state index contributed by atoms with van der Waals surface area (Å²) in [4.78, 5) is 27.4. The first kappa shape index (κ1) is 23.2. The molecule has 0 bridgehead atoms. The van der Waals surface area contributed by atoms with Gasteiger partial charge in [0.1, 0.15) is 5.56 Å². The summed E-state index contributed by atoms with van der Waals surface area (Å²) in [6.45, 7) is 11.1. The highest BCUT2D eigenvalue weighted by molar-refractivity contribution is 7.93. The van der Waals surface area contributed by atoms with Crippen molar-refractivity contribution in [2.75, 3.05) is 24.6 Å². The standard InChI is InChI=1S/C21H31N5O4S/c1-14(2)12-26-13-17(11-22-26)21(28)25-7-6-9-31(29,10-8-25)24-20(27)18-16(5)23-30-19(18)15(3)4/h11,13-15H,6-10,12H2,1-5H3. The molecule has 170 valence electrons. The van der Waals surface area contributed by atoms with Gasteiger partial charge in [0, 0.05) is 43.3 Å². The molecule has 1 saturated heterocycles. The Morgan fingerprint density at radius 3 is 2.65 bits per heavy atom. The van der Waals surface area contributed by atoms with Gasteiger partial charge in [-0.05, 0) is 19.3 Å². The summed E-state index contributed by atoms with van der Waals surface area (Å²) < 4.78 is 24.5. The van der Waals surface area contributed by atoms with Crippen molar-refractivity contribution < 1.29 is 18.3 Å². The number of rotatable bonds is 5. The van der Waals surface area contributed by atoms with Crippen LogP contribution >= 0.6 is 0 Å². The minimum absolute atomic E-state index is 0.0354. The molecule has 10 heteroatoms. The monoisotopic (exact) mass is 449 g/mol. The molecule has 2 aromatic heterocycles. The lowest BCUT2D eigenvalue weighted by molar-refractivity contribution is 0.0768. The maximum absolute atomic E-state index is 13.4. The maximum atomic E-state index is 13.4. The van der Waals surface area contributed by atoms with Crippen LogP contribution in [0.2, 0.25) is 0 Å². The van der Waals surface area contributed by atoms with E-state index in [-0.39, 0.29) is 29.9 Å². The number of carbonyl (C=O) groups excluding carboxylic acids is 2. The Bertz CT molecular complexity index is 1080. The van der Waals surface area contributed by atoms with E-state index in [2.05, 4.69) is 28.5 Å². The van der Waals surface area contributed by atoms with E-state index in [1.807, 2.05) is 13.8 Å². The van der Waals surface area contributed by atoms with Crippen LogP contribution in [0.5, 0.6) is 0 Å². The normalized spacial score (nSPS) is 19.6. The first-order chi connectivity index (χ1) is 14.6. The molecule has 0 saturated carbocycles. The Hall–Kier alpha value is -2.49. The van der Waals surface area contributed by atoms with Gasteiger partial charge in [-0.1, -0.05) is 32.9 Å². The van der Waals surface area contributed by atoms with Gasteiger partial charge in [0.2, 0.25) is 0 Å². The smallest absolute Gasteiger partial charge is 0.290 e. The molecule has 1 fully saturated rings. The zero-order valence-corrected chi connectivity index (χ0v) is 19.6. The van der Waals surface area contributed by atoms with E-state index in [1.165, 1.54) is 0 Å². The van der Waals surface area contributed by atoms with Gasteiger partial charge in [0.25, 0.3) is 11.8 Å². The van der Waals surface area contributed by atoms with Gasteiger partial charge in [-0.3, -0.25) is 14.3 Å². The quantitative estimate of drug-likeness (QED) is 0.693. The van der Waals surface area contributed by atoms with Crippen LogP contribution in [0.4, 0.5) is 0 Å². The summed E-state index contributed by atoms with van der Waals surface area (Å²) in [5.41, 5.74) is 1.26. The molecular weight excluding hydrogens is 418 g/mol. The first-order valence-corrected chi connectivity index (χ1v) is 12.5. The summed E-state index contributed by atoms with van der Waals surface area (Å²) in [5.74, 6) is 0.590. The summed E-state index contributed by atoms with van der Waals surface area (Å²) in [7, 11) is -2.78. The van der Waals surface area contributed by atoms with Crippen molar-refractivity contribution in [2.24, 2.45) is 10.3 Å². The lowest BCUT2D eigenvalue weighted by atomic mass is 10.1. The number of amides is 2. The molecule has 0 spiro atoms. The number of hydrogen-bond donors (Lipinski definition) is 0. The number of hydrogen-bond acceptors (Lipinski definition) is 6. The zero-order chi connectivity index (χ0) is 22.8. The van der Waals surface area contributed by atoms with E-state index in [9.17, 15) is 13.8 Å². The fraction of sp³-hybridized carbons (Fsp3) is 0.619. The van der Waals surface area contributed by atoms with Crippen LogP contribution in [0.3, 0.4) is 0 Å². The Morgan fingerprint density at radius 1 is 1.23 bits per heavy atom. The van der Waals surface area contributed by atoms with Crippen LogP contribution in [-0.2, 0) is 16.3 Å². The van der Waals surface area contributed by atoms with E-state index in [1.54, 1.807) is 28.9 Å². The highest BCUT2D eigenvalue weighted by atomic mass is 32.2. The molecule has 1 aliphatic rings. The van der Waals surface area contributed by atoms with Gasteiger partial charge in [-0.15, -0.1) is 0 Å². The second-order valence-corrected chi connectivity index (χ2v) is 11.3. The minimum atomic E-state index is -2.78. The van der Waals surface area contributed by atoms with Crippen molar-refractivity contribution in [1.82, 2.24) is 19.8 Å². The summed E-state index contributed by atoms with van der Waals surface area (Å²) in [6, 6.07) is 0. The van der Waals surface area contributed by atoms with Gasteiger partial charge in [0.05, 0.1) is 27.2 Å². The number of carbonyl (C=O) groups is 2. The summed E-state index contributed by atoms with van der Waals surface area (Å²) in [6.07, 6.45) is 3.84. The third-order valence-corrected chi connectivity index (χ3v) is 7.41. The molecule has 2 amide bonds. The molecule has 1 atom stereocenters. The van der Waals surface area contributed by atoms with E-state index in [0.29, 0.717) is 41.5 Å². The molecule has 0 aromatic carbocycles. The van der Waals surface area contributed by atoms with Crippen LogP contribution in [-0.4, -0.2) is 60.5 Å². The Balaban J connectivity index is 1.75. The molecule has 0 N–H and O–H groups in total. The molecule has 2 aromatic rings. The van der Waals surface area contributed by atoms with E-state index < -0.39 is 15.6 Å². The van der Waals surface area contributed by atoms with Crippen molar-refractivity contribution in [2.45, 2.75) is 53.5 Å². The van der Waals surface area contributed by atoms with Crippen LogP contribution in [0.1, 0.15) is 72.2 Å². The summed E-state index contributed by atoms with van der Waals surface area (Å²) in [5, 5.41) is 8.13. The Morgan fingerprint density at radius 2 is 1.97 bits per heavy atom. The van der Waals surface area contributed by atoms with Crippen LogP contribution in [0, 0.1) is 12.8 Å². The summed E-state index contributed by atoms with van der Waals surface area (Å²) >= 11 is 0. The molecule has 1 aliphatic heterocycles. The van der Waals surface area contributed by atoms with E-state index >= 15 is 0 Å². The SMILES string of the molecule is Cc1noc(C(C)C)c1C(=O)N=S1(=O)CCCN(C(=O)c2cnn(CC(C)C)c2)CC1. The fourth-order valence-electron chi connectivity index (χ4n) is 3.61. The second kappa shape index (κ2) is 9.33. The second-order valence-electron chi connectivity index (χ2n) is 8.73. The number of nitrogens with zero attached hydrogens (tertiary/aromatic N) is 5. The van der Waals surface area contributed by atoms with Crippen molar-refractivity contribution in [3.05, 3.63) is 35.0 Å². The predicted octanol–water partition coefficient (Wildman–Crippen LogP) is 3.11. The molecular formula is C21H31N5O4S. The molecule has 0 aliphatic carbocycles. The minimum Gasteiger partial charge on any atom is -0.360 e. The number of aryl methyl sites for hydroxylation is 1. The first-order valence-electron chi connectivity index (χ1n) is 10.6. The van der Waals surface area contributed by atoms with E-state index in [0.717, 1.165) is 6.54 Å². The van der Waals surface area contributed by atoms with E-state index in [4.69, 9.17) is 4.52 Å². The number of aromatic nitrogens is 3. The van der Waals surface area contributed by atoms with Gasteiger partial charge >= 0.3 is 0 Å². The highest BCUT2D eigenvalue weighted by Gasteiger charge is 2.27. The molecule has 31 heavy (non-hydrogen) atoms. The molecule has 3 rings (SSSR count). The molecule has 0 radical (unpaired) electrons. The lowest BCUT2D eigenvalue weighted by Crippen LogP contribution is -2.33. The maximum Gasteiger partial charge on any atom is 0.290 e. The van der Waals surface area contributed by atoms with Crippen molar-refractivity contribution in [3.63, 3.8) is 0 Å². The van der Waals surface area contributed by atoms with Crippen molar-refractivity contribution in [3.8, 4) is 0 Å².